The van der Waals surface area contributed by atoms with Gasteiger partial charge < -0.3 is 4.74 Å². The molecule has 0 saturated carbocycles. The molecule has 6 heteroatoms. The van der Waals surface area contributed by atoms with Crippen molar-refractivity contribution in [3.8, 4) is 5.75 Å². The molecule has 132 valence electrons. The number of nitrogens with zero attached hydrogens (tertiary/aromatic N) is 1. The Hall–Kier alpha value is -2.76. The Morgan fingerprint density at radius 1 is 1.24 bits per heavy atom. The monoisotopic (exact) mass is 346 g/mol. The van der Waals surface area contributed by atoms with Crippen LogP contribution in [0.25, 0.3) is 0 Å². The van der Waals surface area contributed by atoms with Gasteiger partial charge in [-0.25, -0.2) is 14.2 Å². The van der Waals surface area contributed by atoms with E-state index in [1.807, 2.05) is 12.1 Å². The average Bonchev–Trinajstić information content (AvgIpc) is 2.63. The van der Waals surface area contributed by atoms with E-state index in [0.717, 1.165) is 18.7 Å². The molecule has 2 aromatic carbocycles. The molecule has 0 bridgehead atoms. The summed E-state index contributed by atoms with van der Waals surface area (Å²) in [5.41, 5.74) is 3.36. The highest BCUT2D eigenvalue weighted by atomic mass is 19.2. The zero-order valence-electron chi connectivity index (χ0n) is 14.1. The number of hydrogen-bond acceptors (Lipinski definition) is 3. The molecule has 4 nitrogen and oxygen atoms in total. The lowest BCUT2D eigenvalue weighted by Crippen LogP contribution is -2.24. The Labute approximate surface area is 145 Å². The number of carbonyl (C=O) groups excluding carboxylic acids is 1. The Kier molecular flexibility index (Phi) is 6.62. The third kappa shape index (κ3) is 5.38. The maximum absolute atomic E-state index is 13.4. The standard InChI is InChI=1S/C19H20F2N2O2/c1-3-13(2)14-7-9-16(10-8-14)25-12-18(24)23-22-11-15-5-4-6-17(20)19(15)21/h4-11,13H,3,12H2,1-2H3,(H,23,24). The first-order valence-corrected chi connectivity index (χ1v) is 8.00. The van der Waals surface area contributed by atoms with E-state index in [2.05, 4.69) is 24.4 Å². The molecule has 1 unspecified atom stereocenters. The van der Waals surface area contributed by atoms with Gasteiger partial charge in [-0.05, 0) is 36.1 Å². The van der Waals surface area contributed by atoms with Gasteiger partial charge in [0.25, 0.3) is 5.91 Å². The Balaban J connectivity index is 1.82. The van der Waals surface area contributed by atoms with Crippen molar-refractivity contribution in [2.24, 2.45) is 5.10 Å². The van der Waals surface area contributed by atoms with Crippen LogP contribution >= 0.6 is 0 Å². The van der Waals surface area contributed by atoms with Gasteiger partial charge in [-0.1, -0.05) is 38.1 Å². The molecular formula is C19H20F2N2O2. The molecule has 0 heterocycles. The highest BCUT2D eigenvalue weighted by Gasteiger charge is 2.06. The number of hydrazone groups is 1. The summed E-state index contributed by atoms with van der Waals surface area (Å²) in [7, 11) is 0. The minimum absolute atomic E-state index is 0.0538. The van der Waals surface area contributed by atoms with Crippen LogP contribution in [0.3, 0.4) is 0 Å². The third-order valence-electron chi connectivity index (χ3n) is 3.81. The van der Waals surface area contributed by atoms with Crippen LogP contribution in [0.1, 0.15) is 37.3 Å². The number of hydrogen-bond donors (Lipinski definition) is 1. The summed E-state index contributed by atoms with van der Waals surface area (Å²) in [5, 5.41) is 3.59. The molecule has 0 radical (unpaired) electrons. The van der Waals surface area contributed by atoms with E-state index in [0.29, 0.717) is 11.7 Å². The molecule has 2 aromatic rings. The van der Waals surface area contributed by atoms with E-state index < -0.39 is 17.5 Å². The average molecular weight is 346 g/mol. The van der Waals surface area contributed by atoms with Crippen molar-refractivity contribution in [3.63, 3.8) is 0 Å². The summed E-state index contributed by atoms with van der Waals surface area (Å²) in [6.07, 6.45) is 2.09. The number of benzene rings is 2. The number of rotatable bonds is 7. The zero-order valence-corrected chi connectivity index (χ0v) is 14.1. The van der Waals surface area contributed by atoms with E-state index in [1.165, 1.54) is 17.7 Å². The van der Waals surface area contributed by atoms with Crippen molar-refractivity contribution in [2.45, 2.75) is 26.2 Å². The SMILES string of the molecule is CCC(C)c1ccc(OCC(=O)NN=Cc2cccc(F)c2F)cc1. The van der Waals surface area contributed by atoms with Gasteiger partial charge in [-0.15, -0.1) is 0 Å². The van der Waals surface area contributed by atoms with Crippen molar-refractivity contribution in [2.75, 3.05) is 6.61 Å². The van der Waals surface area contributed by atoms with Crippen molar-refractivity contribution in [3.05, 3.63) is 65.2 Å². The van der Waals surface area contributed by atoms with Gasteiger partial charge >= 0.3 is 0 Å². The van der Waals surface area contributed by atoms with Crippen molar-refractivity contribution >= 4 is 12.1 Å². The maximum atomic E-state index is 13.4. The van der Waals surface area contributed by atoms with Crippen molar-refractivity contribution in [1.29, 1.82) is 0 Å². The van der Waals surface area contributed by atoms with E-state index >= 15 is 0 Å². The molecule has 0 spiro atoms. The van der Waals surface area contributed by atoms with E-state index in [1.54, 1.807) is 12.1 Å². The first kappa shape index (κ1) is 18.6. The van der Waals surface area contributed by atoms with E-state index in [9.17, 15) is 13.6 Å². The number of ether oxygens (including phenoxy) is 1. The maximum Gasteiger partial charge on any atom is 0.277 e. The fourth-order valence-electron chi connectivity index (χ4n) is 2.10. The van der Waals surface area contributed by atoms with Gasteiger partial charge in [0, 0.05) is 5.56 Å². The van der Waals surface area contributed by atoms with Gasteiger partial charge in [-0.2, -0.15) is 5.10 Å². The van der Waals surface area contributed by atoms with Gasteiger partial charge in [0.1, 0.15) is 5.75 Å². The zero-order chi connectivity index (χ0) is 18.2. The fourth-order valence-corrected chi connectivity index (χ4v) is 2.10. The van der Waals surface area contributed by atoms with Crippen LogP contribution in [0.4, 0.5) is 8.78 Å². The molecule has 0 aliphatic rings. The largest absolute Gasteiger partial charge is 0.484 e. The Bertz CT molecular complexity index is 746. The van der Waals surface area contributed by atoms with Gasteiger partial charge in [0.05, 0.1) is 6.21 Å². The molecule has 0 aliphatic carbocycles. The first-order chi connectivity index (χ1) is 12.0. The summed E-state index contributed by atoms with van der Waals surface area (Å²) < 4.78 is 31.8. The third-order valence-corrected chi connectivity index (χ3v) is 3.81. The predicted molar refractivity (Wildman–Crippen MR) is 92.7 cm³/mol. The first-order valence-electron chi connectivity index (χ1n) is 8.00. The van der Waals surface area contributed by atoms with Crippen LogP contribution in [-0.4, -0.2) is 18.7 Å². The van der Waals surface area contributed by atoms with E-state index in [4.69, 9.17) is 4.74 Å². The highest BCUT2D eigenvalue weighted by Crippen LogP contribution is 2.21. The van der Waals surface area contributed by atoms with Gasteiger partial charge in [0.2, 0.25) is 0 Å². The summed E-state index contributed by atoms with van der Waals surface area (Å²) in [5.74, 6) is -1.45. The van der Waals surface area contributed by atoms with Crippen LogP contribution in [0.2, 0.25) is 0 Å². The second-order valence-corrected chi connectivity index (χ2v) is 5.60. The topological polar surface area (TPSA) is 50.7 Å². The molecule has 0 aliphatic heterocycles. The van der Waals surface area contributed by atoms with Crippen LogP contribution < -0.4 is 10.2 Å². The predicted octanol–water partition coefficient (Wildman–Crippen LogP) is 4.01. The number of halogens is 2. The fraction of sp³-hybridized carbons (Fsp3) is 0.263. The normalized spacial score (nSPS) is 12.2. The number of amides is 1. The molecule has 1 atom stereocenters. The number of carbonyl (C=O) groups is 1. The molecule has 0 fully saturated rings. The molecule has 0 saturated heterocycles. The second-order valence-electron chi connectivity index (χ2n) is 5.60. The summed E-state index contributed by atoms with van der Waals surface area (Å²) in [6.45, 7) is 4.03. The van der Waals surface area contributed by atoms with Crippen LogP contribution in [0.15, 0.2) is 47.6 Å². The minimum Gasteiger partial charge on any atom is -0.484 e. The smallest absolute Gasteiger partial charge is 0.277 e. The summed E-state index contributed by atoms with van der Waals surface area (Å²) >= 11 is 0. The second kappa shape index (κ2) is 8.92. The molecule has 2 rings (SSSR count). The lowest BCUT2D eigenvalue weighted by Gasteiger charge is -2.10. The highest BCUT2D eigenvalue weighted by molar-refractivity contribution is 5.83. The molecule has 25 heavy (non-hydrogen) atoms. The number of nitrogens with one attached hydrogen (secondary N) is 1. The summed E-state index contributed by atoms with van der Waals surface area (Å²) in [4.78, 5) is 11.7. The molecule has 1 amide bonds. The minimum atomic E-state index is -1.02. The molecule has 0 aromatic heterocycles. The van der Waals surface area contributed by atoms with Crippen LogP contribution in [0, 0.1) is 11.6 Å². The summed E-state index contributed by atoms with van der Waals surface area (Å²) in [6, 6.07) is 11.3. The van der Waals surface area contributed by atoms with Crippen molar-refractivity contribution in [1.82, 2.24) is 5.43 Å². The van der Waals surface area contributed by atoms with Crippen LogP contribution in [0.5, 0.6) is 5.75 Å². The van der Waals surface area contributed by atoms with Gasteiger partial charge in [0.15, 0.2) is 18.2 Å². The molecular weight excluding hydrogens is 326 g/mol. The Morgan fingerprint density at radius 3 is 2.64 bits per heavy atom. The van der Waals surface area contributed by atoms with Crippen LogP contribution in [-0.2, 0) is 4.79 Å². The lowest BCUT2D eigenvalue weighted by atomic mass is 9.99. The molecule has 1 N–H and O–H groups in total. The van der Waals surface area contributed by atoms with Crippen molar-refractivity contribution < 1.29 is 18.3 Å². The van der Waals surface area contributed by atoms with Gasteiger partial charge in [-0.3, -0.25) is 4.79 Å². The quantitative estimate of drug-likeness (QED) is 0.608. The Morgan fingerprint density at radius 2 is 1.96 bits per heavy atom. The van der Waals surface area contributed by atoms with E-state index in [-0.39, 0.29) is 12.2 Å². The lowest BCUT2D eigenvalue weighted by molar-refractivity contribution is -0.123.